The minimum atomic E-state index is 0.415. The average molecular weight is 271 g/mol. The van der Waals surface area contributed by atoms with Crippen LogP contribution in [0.3, 0.4) is 0 Å². The van der Waals surface area contributed by atoms with Gasteiger partial charge in [0.2, 0.25) is 0 Å². The third kappa shape index (κ3) is 8.61. The van der Waals surface area contributed by atoms with Crippen LogP contribution in [0.4, 0.5) is 0 Å². The first-order valence-corrected chi connectivity index (χ1v) is 8.27. The van der Waals surface area contributed by atoms with Gasteiger partial charge in [0.15, 0.2) is 0 Å². The van der Waals surface area contributed by atoms with Gasteiger partial charge in [0.1, 0.15) is 0 Å². The molecule has 2 unspecified atom stereocenters. The predicted octanol–water partition coefficient (Wildman–Crippen LogP) is 3.52. The molecule has 0 aromatic carbocycles. The summed E-state index contributed by atoms with van der Waals surface area (Å²) in [5.74, 6) is 0. The molecule has 2 atom stereocenters. The quantitative estimate of drug-likeness (QED) is 0.551. The van der Waals surface area contributed by atoms with E-state index < -0.39 is 0 Å². The van der Waals surface area contributed by atoms with Gasteiger partial charge in [-0.1, -0.05) is 39.0 Å². The maximum absolute atomic E-state index is 5.65. The number of hydrogen-bond acceptors (Lipinski definition) is 3. The first-order chi connectivity index (χ1) is 9.34. The lowest BCUT2D eigenvalue weighted by molar-refractivity contribution is 0.0766. The van der Waals surface area contributed by atoms with Crippen molar-refractivity contribution in [3.8, 4) is 0 Å². The van der Waals surface area contributed by atoms with Gasteiger partial charge in [0.05, 0.1) is 12.7 Å². The fourth-order valence-corrected chi connectivity index (χ4v) is 2.57. The van der Waals surface area contributed by atoms with Gasteiger partial charge in [-0.05, 0) is 26.2 Å². The van der Waals surface area contributed by atoms with Crippen LogP contribution < -0.4 is 5.32 Å². The predicted molar refractivity (Wildman–Crippen MR) is 80.6 cm³/mol. The summed E-state index contributed by atoms with van der Waals surface area (Å²) in [7, 11) is 0. The third-order valence-corrected chi connectivity index (χ3v) is 3.88. The average Bonchev–Trinajstić information content (AvgIpc) is 2.95. The van der Waals surface area contributed by atoms with Crippen LogP contribution in [0.25, 0.3) is 0 Å². The molecule has 0 amide bonds. The second-order valence-corrected chi connectivity index (χ2v) is 5.67. The largest absolute Gasteiger partial charge is 0.380 e. The smallest absolute Gasteiger partial charge is 0.0726 e. The Balaban J connectivity index is 1.78. The molecule has 1 fully saturated rings. The monoisotopic (exact) mass is 271 g/mol. The van der Waals surface area contributed by atoms with Crippen molar-refractivity contribution in [2.45, 2.75) is 77.4 Å². The molecular weight excluding hydrogens is 238 g/mol. The second-order valence-electron chi connectivity index (χ2n) is 5.67. The van der Waals surface area contributed by atoms with E-state index in [4.69, 9.17) is 9.47 Å². The molecule has 114 valence electrons. The van der Waals surface area contributed by atoms with Gasteiger partial charge in [-0.3, -0.25) is 0 Å². The molecule has 1 aliphatic rings. The van der Waals surface area contributed by atoms with Crippen molar-refractivity contribution >= 4 is 0 Å². The molecule has 3 nitrogen and oxygen atoms in total. The summed E-state index contributed by atoms with van der Waals surface area (Å²) >= 11 is 0. The van der Waals surface area contributed by atoms with Crippen molar-refractivity contribution < 1.29 is 9.47 Å². The molecular formula is C16H33NO2. The van der Waals surface area contributed by atoms with Gasteiger partial charge in [0.25, 0.3) is 0 Å². The Morgan fingerprint density at radius 3 is 2.68 bits per heavy atom. The van der Waals surface area contributed by atoms with Gasteiger partial charge in [-0.2, -0.15) is 0 Å². The van der Waals surface area contributed by atoms with Gasteiger partial charge < -0.3 is 14.8 Å². The first-order valence-electron chi connectivity index (χ1n) is 8.27. The van der Waals surface area contributed by atoms with E-state index >= 15 is 0 Å². The number of unbranched alkanes of at least 4 members (excludes halogenated alkanes) is 5. The molecule has 0 radical (unpaired) electrons. The van der Waals surface area contributed by atoms with Gasteiger partial charge >= 0.3 is 0 Å². The highest BCUT2D eigenvalue weighted by Gasteiger charge is 2.21. The zero-order valence-electron chi connectivity index (χ0n) is 13.0. The maximum Gasteiger partial charge on any atom is 0.0726 e. The van der Waals surface area contributed by atoms with Crippen LogP contribution in [0, 0.1) is 0 Å². The van der Waals surface area contributed by atoms with Gasteiger partial charge in [0, 0.05) is 25.8 Å². The van der Waals surface area contributed by atoms with E-state index in [-0.39, 0.29) is 0 Å². The molecule has 1 aliphatic heterocycles. The molecule has 0 saturated carbocycles. The van der Waals surface area contributed by atoms with Crippen LogP contribution in [0.1, 0.15) is 65.2 Å². The van der Waals surface area contributed by atoms with E-state index in [1.165, 1.54) is 51.4 Å². The summed E-state index contributed by atoms with van der Waals surface area (Å²) < 4.78 is 11.3. The van der Waals surface area contributed by atoms with Crippen LogP contribution in [0.5, 0.6) is 0 Å². The molecule has 3 heteroatoms. The molecule has 0 aromatic rings. The molecule has 1 saturated heterocycles. The van der Waals surface area contributed by atoms with Crippen LogP contribution >= 0.6 is 0 Å². The lowest BCUT2D eigenvalue weighted by atomic mass is 10.1. The normalized spacial score (nSPS) is 20.8. The zero-order chi connectivity index (χ0) is 13.8. The van der Waals surface area contributed by atoms with E-state index in [2.05, 4.69) is 19.2 Å². The summed E-state index contributed by atoms with van der Waals surface area (Å²) in [5.41, 5.74) is 0. The SMILES string of the molecule is CCCCCCCCOCCNC(C)C1CCCO1. The maximum atomic E-state index is 5.65. The first kappa shape index (κ1) is 16.9. The van der Waals surface area contributed by atoms with E-state index in [9.17, 15) is 0 Å². The van der Waals surface area contributed by atoms with Crippen molar-refractivity contribution in [3.63, 3.8) is 0 Å². The minimum Gasteiger partial charge on any atom is -0.380 e. The van der Waals surface area contributed by atoms with Gasteiger partial charge in [-0.15, -0.1) is 0 Å². The molecule has 1 rings (SSSR count). The molecule has 19 heavy (non-hydrogen) atoms. The van der Waals surface area contributed by atoms with E-state index in [1.807, 2.05) is 0 Å². The zero-order valence-corrected chi connectivity index (χ0v) is 13.0. The Hall–Kier alpha value is -0.120. The summed E-state index contributed by atoms with van der Waals surface area (Å²) in [6.45, 7) is 8.09. The van der Waals surface area contributed by atoms with Crippen molar-refractivity contribution in [3.05, 3.63) is 0 Å². The highest BCUT2D eigenvalue weighted by atomic mass is 16.5. The highest BCUT2D eigenvalue weighted by molar-refractivity contribution is 4.76. The van der Waals surface area contributed by atoms with Gasteiger partial charge in [-0.25, -0.2) is 0 Å². The van der Waals surface area contributed by atoms with Crippen LogP contribution in [-0.2, 0) is 9.47 Å². The Morgan fingerprint density at radius 1 is 1.16 bits per heavy atom. The van der Waals surface area contributed by atoms with Crippen molar-refractivity contribution in [1.29, 1.82) is 0 Å². The Bertz CT molecular complexity index is 193. The Labute approximate surface area is 119 Å². The molecule has 0 aliphatic carbocycles. The Kier molecular flexibility index (Phi) is 10.4. The van der Waals surface area contributed by atoms with Crippen LogP contribution in [0.15, 0.2) is 0 Å². The summed E-state index contributed by atoms with van der Waals surface area (Å²) in [6.07, 6.45) is 10.8. The molecule has 0 aromatic heterocycles. The molecule has 1 N–H and O–H groups in total. The molecule has 1 heterocycles. The second kappa shape index (κ2) is 11.7. The number of rotatable bonds is 12. The van der Waals surface area contributed by atoms with Crippen molar-refractivity contribution in [2.75, 3.05) is 26.4 Å². The van der Waals surface area contributed by atoms with Crippen LogP contribution in [-0.4, -0.2) is 38.5 Å². The van der Waals surface area contributed by atoms with E-state index in [0.29, 0.717) is 12.1 Å². The van der Waals surface area contributed by atoms with E-state index in [1.54, 1.807) is 0 Å². The van der Waals surface area contributed by atoms with Crippen molar-refractivity contribution in [2.24, 2.45) is 0 Å². The number of nitrogens with one attached hydrogen (secondary N) is 1. The summed E-state index contributed by atoms with van der Waals surface area (Å²) in [4.78, 5) is 0. The highest BCUT2D eigenvalue weighted by Crippen LogP contribution is 2.15. The lowest BCUT2D eigenvalue weighted by Gasteiger charge is -2.19. The molecule has 0 bridgehead atoms. The number of hydrogen-bond donors (Lipinski definition) is 1. The standard InChI is InChI=1S/C16H33NO2/c1-3-4-5-6-7-8-12-18-14-11-17-15(2)16-10-9-13-19-16/h15-17H,3-14H2,1-2H3. The minimum absolute atomic E-state index is 0.415. The van der Waals surface area contributed by atoms with Crippen molar-refractivity contribution in [1.82, 2.24) is 5.32 Å². The van der Waals surface area contributed by atoms with Crippen LogP contribution in [0.2, 0.25) is 0 Å². The Morgan fingerprint density at radius 2 is 1.95 bits per heavy atom. The molecule has 0 spiro atoms. The topological polar surface area (TPSA) is 30.5 Å². The number of ether oxygens (including phenoxy) is 2. The lowest BCUT2D eigenvalue weighted by Crippen LogP contribution is -2.38. The third-order valence-electron chi connectivity index (χ3n) is 3.88. The summed E-state index contributed by atoms with van der Waals surface area (Å²) in [6, 6.07) is 0.458. The van der Waals surface area contributed by atoms with E-state index in [0.717, 1.165) is 26.4 Å². The fourth-order valence-electron chi connectivity index (χ4n) is 2.57. The summed E-state index contributed by atoms with van der Waals surface area (Å²) in [5, 5.41) is 3.49. The fraction of sp³-hybridized carbons (Fsp3) is 1.00.